The third-order valence-electron chi connectivity index (χ3n) is 2.88. The van der Waals surface area contributed by atoms with Crippen molar-refractivity contribution in [1.82, 2.24) is 5.32 Å². The van der Waals surface area contributed by atoms with Crippen LogP contribution in [0, 0.1) is 0 Å². The van der Waals surface area contributed by atoms with E-state index in [4.69, 9.17) is 4.74 Å². The Morgan fingerprint density at radius 3 is 2.06 bits per heavy atom. The van der Waals surface area contributed by atoms with Crippen molar-refractivity contribution < 1.29 is 44.2 Å². The molecule has 1 fully saturated rings. The molecule has 0 saturated carbocycles. The Kier molecular flexibility index (Phi) is 6.16. The molecule has 0 aromatic rings. The molecule has 1 N–H and O–H groups in total. The first-order valence-corrected chi connectivity index (χ1v) is 5.77. The zero-order valence-corrected chi connectivity index (χ0v) is 13.8. The molecule has 0 bridgehead atoms. The normalized spacial score (nSPS) is 24.8. The predicted molar refractivity (Wildman–Crippen MR) is 59.9 cm³/mol. The van der Waals surface area contributed by atoms with Gasteiger partial charge in [-0.1, -0.05) is 0 Å². The second kappa shape index (κ2) is 6.02. The Balaban J connectivity index is 0.00000256. The number of rotatable bonds is 3. The Hall–Kier alpha value is 0.390. The molecular weight excluding hydrogens is 229 g/mol. The van der Waals surface area contributed by atoms with Gasteiger partial charge in [0.15, 0.2) is 0 Å². The number of aliphatic carboxylic acids is 1. The Morgan fingerprint density at radius 1 is 1.29 bits per heavy atom. The molecule has 1 atom stereocenters. The van der Waals surface area contributed by atoms with Crippen molar-refractivity contribution in [1.29, 1.82) is 0 Å². The number of carboxylic acid groups (broad SMARTS) is 1. The van der Waals surface area contributed by atoms with Gasteiger partial charge in [-0.05, 0) is 47.5 Å². The van der Waals surface area contributed by atoms with E-state index in [-0.39, 0.29) is 46.7 Å². The van der Waals surface area contributed by atoms with E-state index in [9.17, 15) is 9.90 Å². The van der Waals surface area contributed by atoms with E-state index in [1.807, 2.05) is 0 Å². The number of carbonyl (C=O) groups is 1. The van der Waals surface area contributed by atoms with Gasteiger partial charge < -0.3 is 20.0 Å². The topological polar surface area (TPSA) is 61.4 Å². The maximum Gasteiger partial charge on any atom is 1.00 e. The van der Waals surface area contributed by atoms with Gasteiger partial charge >= 0.3 is 29.6 Å². The van der Waals surface area contributed by atoms with Crippen LogP contribution in [0.15, 0.2) is 0 Å². The van der Waals surface area contributed by atoms with Crippen molar-refractivity contribution in [2.75, 3.05) is 0 Å². The van der Waals surface area contributed by atoms with Crippen molar-refractivity contribution in [2.45, 2.75) is 70.7 Å². The fourth-order valence-electron chi connectivity index (χ4n) is 2.67. The number of carboxylic acids is 1. The summed E-state index contributed by atoms with van der Waals surface area (Å²) in [6.07, 6.45) is 0.760. The summed E-state index contributed by atoms with van der Waals surface area (Å²) in [4.78, 5) is 10.6. The third kappa shape index (κ3) is 5.71. The van der Waals surface area contributed by atoms with E-state index >= 15 is 0 Å². The van der Waals surface area contributed by atoms with Gasteiger partial charge in [0.25, 0.3) is 0 Å². The van der Waals surface area contributed by atoms with Gasteiger partial charge in [-0.15, -0.1) is 0 Å². The second-order valence-electron chi connectivity index (χ2n) is 6.02. The summed E-state index contributed by atoms with van der Waals surface area (Å²) in [5.74, 6) is -1.14. The first kappa shape index (κ1) is 17.4. The number of ether oxygens (including phenoxy) is 1. The number of nitrogens with one attached hydrogen (secondary N) is 1. The first-order chi connectivity index (χ1) is 7.11. The van der Waals surface area contributed by atoms with Crippen molar-refractivity contribution in [2.24, 2.45) is 0 Å². The van der Waals surface area contributed by atoms with Crippen LogP contribution in [0.25, 0.3) is 0 Å². The standard InChI is InChI=1S/C12H23NO3.Na/c1-8(10(14)15)16-9-6-11(2,3)13-12(4,5)7-9;/h8-9,13H,6-7H2,1-5H3,(H,14,15);/q;+1/p-1. The second-order valence-corrected chi connectivity index (χ2v) is 6.02. The van der Waals surface area contributed by atoms with Gasteiger partial charge in [-0.2, -0.15) is 0 Å². The SMILES string of the molecule is CC(OC1CC(C)(C)NC(C)(C)C1)C(=O)[O-].[Na+]. The Morgan fingerprint density at radius 2 is 1.71 bits per heavy atom. The van der Waals surface area contributed by atoms with Gasteiger partial charge in [0, 0.05) is 11.1 Å². The molecule has 0 amide bonds. The zero-order chi connectivity index (χ0) is 12.6. The molecule has 1 rings (SSSR count). The molecule has 0 radical (unpaired) electrons. The van der Waals surface area contributed by atoms with Crippen molar-refractivity contribution in [3.8, 4) is 0 Å². The van der Waals surface area contributed by atoms with Gasteiger partial charge in [-0.3, -0.25) is 0 Å². The van der Waals surface area contributed by atoms with E-state index in [1.165, 1.54) is 6.92 Å². The summed E-state index contributed by atoms with van der Waals surface area (Å²) in [7, 11) is 0. The van der Waals surface area contributed by atoms with Gasteiger partial charge in [0.05, 0.1) is 18.2 Å². The van der Waals surface area contributed by atoms with Gasteiger partial charge in [-0.25, -0.2) is 0 Å². The molecule has 1 heterocycles. The maximum atomic E-state index is 10.6. The van der Waals surface area contributed by atoms with Crippen LogP contribution in [0.1, 0.15) is 47.5 Å². The number of hydrogen-bond donors (Lipinski definition) is 1. The van der Waals surface area contributed by atoms with E-state index in [1.54, 1.807) is 0 Å². The molecule has 0 aliphatic carbocycles. The summed E-state index contributed by atoms with van der Waals surface area (Å²) in [6.45, 7) is 9.95. The van der Waals surface area contributed by atoms with Gasteiger partial charge in [0.2, 0.25) is 0 Å². The van der Waals surface area contributed by atoms with Crippen LogP contribution >= 0.6 is 0 Å². The first-order valence-electron chi connectivity index (χ1n) is 5.77. The summed E-state index contributed by atoms with van der Waals surface area (Å²) in [5.41, 5.74) is -0.0594. The van der Waals surface area contributed by atoms with Crippen LogP contribution < -0.4 is 40.0 Å². The number of piperidine rings is 1. The Bertz CT molecular complexity index is 263. The van der Waals surface area contributed by atoms with Crippen molar-refractivity contribution in [3.05, 3.63) is 0 Å². The van der Waals surface area contributed by atoms with Crippen LogP contribution in [0.5, 0.6) is 0 Å². The predicted octanol–water partition coefficient (Wildman–Crippen LogP) is -2.55. The van der Waals surface area contributed by atoms with E-state index in [0.717, 1.165) is 12.8 Å². The van der Waals surface area contributed by atoms with Crippen LogP contribution in [-0.4, -0.2) is 29.3 Å². The number of carbonyl (C=O) groups excluding carboxylic acids is 1. The van der Waals surface area contributed by atoms with Crippen LogP contribution in [0.2, 0.25) is 0 Å². The van der Waals surface area contributed by atoms with Crippen molar-refractivity contribution >= 4 is 5.97 Å². The van der Waals surface area contributed by atoms with E-state index in [2.05, 4.69) is 33.0 Å². The molecule has 1 aliphatic rings. The average molecular weight is 251 g/mol. The largest absolute Gasteiger partial charge is 1.00 e. The zero-order valence-electron chi connectivity index (χ0n) is 11.8. The molecule has 0 aromatic carbocycles. The molecule has 5 heteroatoms. The fraction of sp³-hybridized carbons (Fsp3) is 0.917. The van der Waals surface area contributed by atoms with Crippen molar-refractivity contribution in [3.63, 3.8) is 0 Å². The molecule has 1 saturated heterocycles. The van der Waals surface area contributed by atoms with Gasteiger partial charge in [0.1, 0.15) is 0 Å². The summed E-state index contributed by atoms with van der Waals surface area (Å²) in [6, 6.07) is 0. The minimum atomic E-state index is -1.14. The smallest absolute Gasteiger partial charge is 0.547 e. The van der Waals surface area contributed by atoms with Crippen LogP contribution in [0.3, 0.4) is 0 Å². The molecular formula is C12H22NNaO3. The minimum absolute atomic E-state index is 0. The summed E-state index contributed by atoms with van der Waals surface area (Å²) in [5, 5.41) is 14.2. The molecule has 94 valence electrons. The third-order valence-corrected chi connectivity index (χ3v) is 2.88. The molecule has 17 heavy (non-hydrogen) atoms. The van der Waals surface area contributed by atoms with Crippen LogP contribution in [0.4, 0.5) is 0 Å². The van der Waals surface area contributed by atoms with E-state index < -0.39 is 12.1 Å². The fourth-order valence-corrected chi connectivity index (χ4v) is 2.67. The van der Waals surface area contributed by atoms with Crippen LogP contribution in [-0.2, 0) is 9.53 Å². The number of hydrogen-bond acceptors (Lipinski definition) is 4. The van der Waals surface area contributed by atoms with E-state index in [0.29, 0.717) is 0 Å². The molecule has 4 nitrogen and oxygen atoms in total. The molecule has 1 aliphatic heterocycles. The quantitative estimate of drug-likeness (QED) is 0.561. The summed E-state index contributed by atoms with van der Waals surface area (Å²) < 4.78 is 5.52. The Labute approximate surface area is 126 Å². The minimum Gasteiger partial charge on any atom is -0.547 e. The molecule has 0 aromatic heterocycles. The maximum absolute atomic E-state index is 10.6. The monoisotopic (exact) mass is 251 g/mol. The average Bonchev–Trinajstić information content (AvgIpc) is 1.96. The summed E-state index contributed by atoms with van der Waals surface area (Å²) >= 11 is 0. The molecule has 0 spiro atoms. The molecule has 1 unspecified atom stereocenters.